The zero-order valence-corrected chi connectivity index (χ0v) is 16.8. The number of hydrogen-bond donors (Lipinski definition) is 2. The maximum absolute atomic E-state index is 12.4. The Hall–Kier alpha value is -1.96. The lowest BCUT2D eigenvalue weighted by Crippen LogP contribution is -2.51. The highest BCUT2D eigenvalue weighted by molar-refractivity contribution is 5.93. The second-order valence-electron chi connectivity index (χ2n) is 7.55. The van der Waals surface area contributed by atoms with Crippen LogP contribution < -0.4 is 10.6 Å². The van der Waals surface area contributed by atoms with E-state index in [1.807, 2.05) is 24.3 Å². The highest BCUT2D eigenvalue weighted by atomic mass is 16.5. The van der Waals surface area contributed by atoms with Crippen molar-refractivity contribution < 1.29 is 14.3 Å². The van der Waals surface area contributed by atoms with Gasteiger partial charge in [0, 0.05) is 45.0 Å². The molecule has 2 saturated heterocycles. The van der Waals surface area contributed by atoms with Crippen LogP contribution in [0, 0.1) is 0 Å². The van der Waals surface area contributed by atoms with E-state index in [1.54, 1.807) is 0 Å². The maximum Gasteiger partial charge on any atom is 0.238 e. The lowest BCUT2D eigenvalue weighted by molar-refractivity contribution is -0.124. The molecule has 1 aromatic rings. The Morgan fingerprint density at radius 2 is 1.75 bits per heavy atom. The summed E-state index contributed by atoms with van der Waals surface area (Å²) in [5.74, 6) is 0.0709. The fourth-order valence-corrected chi connectivity index (χ4v) is 3.74. The van der Waals surface area contributed by atoms with Crippen molar-refractivity contribution in [3.8, 4) is 0 Å². The van der Waals surface area contributed by atoms with Crippen molar-refractivity contribution in [2.24, 2.45) is 0 Å². The van der Waals surface area contributed by atoms with Crippen LogP contribution in [0.3, 0.4) is 0 Å². The largest absolute Gasteiger partial charge is 0.376 e. The third-order valence-corrected chi connectivity index (χ3v) is 5.42. The number of piperazine rings is 1. The number of nitrogens with zero attached hydrogens (tertiary/aromatic N) is 2. The molecule has 3 rings (SSSR count). The first-order valence-corrected chi connectivity index (χ1v) is 10.3. The quantitative estimate of drug-likeness (QED) is 0.698. The van der Waals surface area contributed by atoms with E-state index in [4.69, 9.17) is 4.74 Å². The summed E-state index contributed by atoms with van der Waals surface area (Å²) in [7, 11) is 0. The highest BCUT2D eigenvalue weighted by Crippen LogP contribution is 2.15. The normalized spacial score (nSPS) is 20.8. The van der Waals surface area contributed by atoms with E-state index in [0.717, 1.165) is 63.3 Å². The summed E-state index contributed by atoms with van der Waals surface area (Å²) in [6.07, 6.45) is 3.19. The first-order valence-electron chi connectivity index (χ1n) is 10.3. The number of nitrogens with one attached hydrogen (secondary N) is 2. The molecule has 0 unspecified atom stereocenters. The Kier molecular flexibility index (Phi) is 7.82. The Morgan fingerprint density at radius 3 is 2.39 bits per heavy atom. The van der Waals surface area contributed by atoms with Crippen molar-refractivity contribution in [1.29, 1.82) is 0 Å². The van der Waals surface area contributed by atoms with Gasteiger partial charge in [0.15, 0.2) is 0 Å². The average Bonchev–Trinajstić information content (AvgIpc) is 3.22. The standard InChI is InChI=1S/C21H32N4O3/c1-2-17-6-3-4-8-19(17)23-21(27)16-25-11-9-24(10-12-25)15-20(26)22-14-18-7-5-13-28-18/h3-4,6,8,18H,2,5,7,9-16H2,1H3,(H,22,26)(H,23,27)/t18-/m1/s1. The number of benzene rings is 1. The van der Waals surface area contributed by atoms with Gasteiger partial charge in [0.1, 0.15) is 0 Å². The fourth-order valence-electron chi connectivity index (χ4n) is 3.74. The van der Waals surface area contributed by atoms with Crippen molar-refractivity contribution in [2.75, 3.05) is 57.7 Å². The summed E-state index contributed by atoms with van der Waals surface area (Å²) >= 11 is 0. The molecule has 2 aliphatic rings. The first kappa shape index (κ1) is 20.8. The van der Waals surface area contributed by atoms with Crippen molar-refractivity contribution in [1.82, 2.24) is 15.1 Å². The summed E-state index contributed by atoms with van der Waals surface area (Å²) < 4.78 is 5.53. The molecule has 2 N–H and O–H groups in total. The summed E-state index contributed by atoms with van der Waals surface area (Å²) in [6, 6.07) is 7.92. The summed E-state index contributed by atoms with van der Waals surface area (Å²) in [4.78, 5) is 28.8. The van der Waals surface area contributed by atoms with E-state index < -0.39 is 0 Å². The van der Waals surface area contributed by atoms with E-state index in [2.05, 4.69) is 27.4 Å². The molecular weight excluding hydrogens is 356 g/mol. The van der Waals surface area contributed by atoms with Crippen LogP contribution in [0.4, 0.5) is 5.69 Å². The smallest absolute Gasteiger partial charge is 0.238 e. The Labute approximate surface area is 167 Å². The van der Waals surface area contributed by atoms with E-state index in [-0.39, 0.29) is 17.9 Å². The molecule has 2 aliphatic heterocycles. The monoisotopic (exact) mass is 388 g/mol. The Morgan fingerprint density at radius 1 is 1.07 bits per heavy atom. The van der Waals surface area contributed by atoms with Gasteiger partial charge in [-0.25, -0.2) is 0 Å². The third kappa shape index (κ3) is 6.29. The lowest BCUT2D eigenvalue weighted by atomic mass is 10.1. The van der Waals surface area contributed by atoms with Crippen LogP contribution in [0.25, 0.3) is 0 Å². The molecule has 7 nitrogen and oxygen atoms in total. The van der Waals surface area contributed by atoms with E-state index >= 15 is 0 Å². The molecule has 28 heavy (non-hydrogen) atoms. The minimum absolute atomic E-state index is 0.0173. The van der Waals surface area contributed by atoms with Crippen LogP contribution in [0.2, 0.25) is 0 Å². The zero-order valence-electron chi connectivity index (χ0n) is 16.8. The van der Waals surface area contributed by atoms with Crippen molar-refractivity contribution in [2.45, 2.75) is 32.3 Å². The topological polar surface area (TPSA) is 73.9 Å². The molecule has 0 aromatic heterocycles. The van der Waals surface area contributed by atoms with Crippen LogP contribution in [0.1, 0.15) is 25.3 Å². The number of ether oxygens (including phenoxy) is 1. The SMILES string of the molecule is CCc1ccccc1NC(=O)CN1CCN(CC(=O)NC[C@H]2CCCO2)CC1. The van der Waals surface area contributed by atoms with E-state index in [0.29, 0.717) is 19.6 Å². The fraction of sp³-hybridized carbons (Fsp3) is 0.619. The van der Waals surface area contributed by atoms with Gasteiger partial charge in [-0.05, 0) is 30.9 Å². The predicted octanol–water partition coefficient (Wildman–Crippen LogP) is 1.10. The number of aryl methyl sites for hydroxylation is 1. The van der Waals surface area contributed by atoms with Gasteiger partial charge in [0.2, 0.25) is 11.8 Å². The molecule has 0 aliphatic carbocycles. The number of amides is 2. The molecule has 2 amide bonds. The van der Waals surface area contributed by atoms with Crippen molar-refractivity contribution in [3.05, 3.63) is 29.8 Å². The molecule has 0 radical (unpaired) electrons. The number of para-hydroxylation sites is 1. The van der Waals surface area contributed by atoms with E-state index in [9.17, 15) is 9.59 Å². The number of anilines is 1. The third-order valence-electron chi connectivity index (χ3n) is 5.42. The summed E-state index contributed by atoms with van der Waals surface area (Å²) in [6.45, 7) is 7.48. The number of carbonyl (C=O) groups excluding carboxylic acids is 2. The van der Waals surface area contributed by atoms with Gasteiger partial charge in [0.05, 0.1) is 19.2 Å². The van der Waals surface area contributed by atoms with Gasteiger partial charge < -0.3 is 15.4 Å². The number of hydrogen-bond acceptors (Lipinski definition) is 5. The predicted molar refractivity (Wildman–Crippen MR) is 109 cm³/mol. The molecule has 0 spiro atoms. The molecule has 0 saturated carbocycles. The summed E-state index contributed by atoms with van der Waals surface area (Å²) in [5.41, 5.74) is 2.05. The van der Waals surface area contributed by atoms with Crippen LogP contribution in [0.5, 0.6) is 0 Å². The second-order valence-corrected chi connectivity index (χ2v) is 7.55. The van der Waals surface area contributed by atoms with Gasteiger partial charge in [-0.1, -0.05) is 25.1 Å². The first-order chi connectivity index (χ1) is 13.6. The lowest BCUT2D eigenvalue weighted by Gasteiger charge is -2.33. The molecule has 154 valence electrons. The van der Waals surface area contributed by atoms with E-state index in [1.165, 1.54) is 0 Å². The molecule has 2 heterocycles. The molecular formula is C21H32N4O3. The number of carbonyl (C=O) groups is 2. The Balaban J connectivity index is 1.34. The van der Waals surface area contributed by atoms with Crippen LogP contribution >= 0.6 is 0 Å². The molecule has 0 bridgehead atoms. The van der Waals surface area contributed by atoms with Gasteiger partial charge in [0.25, 0.3) is 0 Å². The minimum atomic E-state index is 0.0173. The van der Waals surface area contributed by atoms with Crippen LogP contribution in [-0.4, -0.2) is 80.1 Å². The Bertz CT molecular complexity index is 653. The maximum atomic E-state index is 12.4. The molecule has 1 atom stereocenters. The van der Waals surface area contributed by atoms with Gasteiger partial charge >= 0.3 is 0 Å². The van der Waals surface area contributed by atoms with Gasteiger partial charge in [-0.3, -0.25) is 19.4 Å². The molecule has 7 heteroatoms. The average molecular weight is 389 g/mol. The number of rotatable bonds is 8. The van der Waals surface area contributed by atoms with Crippen LogP contribution in [-0.2, 0) is 20.7 Å². The zero-order chi connectivity index (χ0) is 19.8. The minimum Gasteiger partial charge on any atom is -0.376 e. The van der Waals surface area contributed by atoms with Crippen molar-refractivity contribution >= 4 is 17.5 Å². The second kappa shape index (κ2) is 10.5. The van der Waals surface area contributed by atoms with Gasteiger partial charge in [-0.2, -0.15) is 0 Å². The molecule has 1 aromatic carbocycles. The van der Waals surface area contributed by atoms with Crippen molar-refractivity contribution in [3.63, 3.8) is 0 Å². The molecule has 2 fully saturated rings. The van der Waals surface area contributed by atoms with Gasteiger partial charge in [-0.15, -0.1) is 0 Å². The highest BCUT2D eigenvalue weighted by Gasteiger charge is 2.22. The van der Waals surface area contributed by atoms with Crippen LogP contribution in [0.15, 0.2) is 24.3 Å². The summed E-state index contributed by atoms with van der Waals surface area (Å²) in [5, 5.41) is 6.00.